The van der Waals surface area contributed by atoms with Gasteiger partial charge in [-0.25, -0.2) is 9.97 Å². The molecule has 0 spiro atoms. The van der Waals surface area contributed by atoms with Crippen LogP contribution in [0, 0.1) is 0 Å². The summed E-state index contributed by atoms with van der Waals surface area (Å²) in [6.07, 6.45) is 11.0. The molecule has 9 nitrogen and oxygen atoms in total. The quantitative estimate of drug-likeness (QED) is 0.357. The van der Waals surface area contributed by atoms with Gasteiger partial charge in [-0.05, 0) is 65.5 Å². The first-order valence-electron chi connectivity index (χ1n) is 13.4. The Morgan fingerprint density at radius 2 is 1.81 bits per heavy atom. The lowest BCUT2D eigenvalue weighted by Crippen LogP contribution is -2.22. The third kappa shape index (κ3) is 4.19. The number of aromatic nitrogens is 6. The van der Waals surface area contributed by atoms with Crippen LogP contribution in [0.3, 0.4) is 0 Å². The summed E-state index contributed by atoms with van der Waals surface area (Å²) in [5.41, 5.74) is 4.42. The Labute approximate surface area is 211 Å². The molecule has 4 heterocycles. The first-order valence-corrected chi connectivity index (χ1v) is 13.4. The molecular weight excluding hydrogens is 452 g/mol. The number of carbonyl (C=O) groups is 1. The Bertz CT molecular complexity index is 1400. The largest absolute Gasteiger partial charge is 0.333 e. The van der Waals surface area contributed by atoms with Crippen LogP contribution < -0.4 is 5.32 Å². The van der Waals surface area contributed by atoms with Crippen LogP contribution in [-0.4, -0.2) is 59.2 Å². The lowest BCUT2D eigenvalue weighted by molar-refractivity contribution is 0.111. The predicted octanol–water partition coefficient (Wildman–Crippen LogP) is 4.84. The van der Waals surface area contributed by atoms with Crippen molar-refractivity contribution < 1.29 is 4.79 Å². The minimum Gasteiger partial charge on any atom is -0.333 e. The number of nitrogens with one attached hydrogen (secondary N) is 1. The second-order valence-corrected chi connectivity index (χ2v) is 10.5. The lowest BCUT2D eigenvalue weighted by Gasteiger charge is -2.12. The van der Waals surface area contributed by atoms with E-state index in [9.17, 15) is 4.79 Å². The highest BCUT2D eigenvalue weighted by atomic mass is 16.1. The molecule has 3 saturated carbocycles. The third-order valence-corrected chi connectivity index (χ3v) is 7.77. The van der Waals surface area contributed by atoms with Crippen molar-refractivity contribution in [1.29, 1.82) is 0 Å². The molecule has 0 radical (unpaired) electrons. The van der Waals surface area contributed by atoms with E-state index in [4.69, 9.17) is 10.1 Å². The van der Waals surface area contributed by atoms with Gasteiger partial charge in [-0.2, -0.15) is 5.10 Å². The summed E-state index contributed by atoms with van der Waals surface area (Å²) in [7, 11) is 4.23. The highest BCUT2D eigenvalue weighted by molar-refractivity contribution is 6.08. The molecule has 36 heavy (non-hydrogen) atoms. The van der Waals surface area contributed by atoms with Gasteiger partial charge < -0.3 is 19.4 Å². The van der Waals surface area contributed by atoms with Gasteiger partial charge in [0.1, 0.15) is 11.2 Å². The molecule has 190 valence electrons. The molecule has 0 bridgehead atoms. The Morgan fingerprint density at radius 1 is 1.08 bits per heavy atom. The minimum absolute atomic E-state index is 0.621. The van der Waals surface area contributed by atoms with Crippen molar-refractivity contribution in [1.82, 2.24) is 33.8 Å². The SMILES string of the molecule is CCn1nc(Nc2nc3c(cc(C=O)n3CC)c3c2ncn3C)cc1C1CC1.CN(C1CC1)C1CC1. The predicted molar refractivity (Wildman–Crippen MR) is 142 cm³/mol. The first kappa shape index (κ1) is 23.2. The minimum atomic E-state index is 0.621. The third-order valence-electron chi connectivity index (χ3n) is 7.77. The normalized spacial score (nSPS) is 17.6. The summed E-state index contributed by atoms with van der Waals surface area (Å²) in [6, 6.07) is 5.99. The molecule has 0 aliphatic heterocycles. The summed E-state index contributed by atoms with van der Waals surface area (Å²) in [4.78, 5) is 23.5. The van der Waals surface area contributed by atoms with E-state index < -0.39 is 0 Å². The first-order chi connectivity index (χ1) is 17.5. The standard InChI is InChI=1S/C20H23N7O.C7H13N/c1-4-26-13(10-28)8-14-18-17(21-11-25(18)3)19(23-20(14)26)22-16-9-15(12-6-7-12)27(5-2)24-16;1-8(6-2-3-6)7-4-5-7/h8-12H,4-7H2,1-3H3,(H,22,23,24);6-7H,2-5H2,1H3. The lowest BCUT2D eigenvalue weighted by atomic mass is 10.2. The fourth-order valence-corrected chi connectivity index (χ4v) is 5.29. The molecule has 0 aromatic carbocycles. The Morgan fingerprint density at radius 3 is 2.39 bits per heavy atom. The van der Waals surface area contributed by atoms with Gasteiger partial charge in [-0.3, -0.25) is 9.48 Å². The highest BCUT2D eigenvalue weighted by Gasteiger charge is 2.36. The van der Waals surface area contributed by atoms with E-state index >= 15 is 0 Å². The second kappa shape index (κ2) is 9.03. The monoisotopic (exact) mass is 488 g/mol. The van der Waals surface area contributed by atoms with Gasteiger partial charge >= 0.3 is 0 Å². The van der Waals surface area contributed by atoms with Gasteiger partial charge in [-0.15, -0.1) is 0 Å². The molecule has 3 aliphatic carbocycles. The topological polar surface area (TPSA) is 85.8 Å². The molecule has 9 heteroatoms. The van der Waals surface area contributed by atoms with Gasteiger partial charge in [-0.1, -0.05) is 0 Å². The maximum Gasteiger partial charge on any atom is 0.166 e. The number of hydrogen-bond donors (Lipinski definition) is 1. The number of anilines is 2. The summed E-state index contributed by atoms with van der Waals surface area (Å²) in [6.45, 7) is 5.64. The van der Waals surface area contributed by atoms with E-state index in [1.54, 1.807) is 6.33 Å². The molecule has 0 saturated heterocycles. The molecule has 0 amide bonds. The van der Waals surface area contributed by atoms with E-state index in [1.807, 2.05) is 29.2 Å². The smallest absolute Gasteiger partial charge is 0.166 e. The molecule has 7 rings (SSSR count). The van der Waals surface area contributed by atoms with Crippen molar-refractivity contribution in [2.45, 2.75) is 83.5 Å². The van der Waals surface area contributed by atoms with Crippen molar-refractivity contribution in [2.24, 2.45) is 7.05 Å². The number of aryl methyl sites for hydroxylation is 3. The van der Waals surface area contributed by atoms with Gasteiger partial charge in [0.05, 0.1) is 17.5 Å². The van der Waals surface area contributed by atoms with Crippen LogP contribution in [0.25, 0.3) is 22.1 Å². The zero-order valence-electron chi connectivity index (χ0n) is 21.7. The molecule has 0 atom stereocenters. The fraction of sp³-hybridized carbons (Fsp3) is 0.556. The zero-order valence-corrected chi connectivity index (χ0v) is 21.7. The Kier molecular flexibility index (Phi) is 5.82. The average molecular weight is 489 g/mol. The van der Waals surface area contributed by atoms with Crippen LogP contribution in [0.5, 0.6) is 0 Å². The van der Waals surface area contributed by atoms with Gasteiger partial charge in [0.25, 0.3) is 0 Å². The fourth-order valence-electron chi connectivity index (χ4n) is 5.29. The van der Waals surface area contributed by atoms with Gasteiger partial charge in [0.2, 0.25) is 0 Å². The Balaban J connectivity index is 0.000000253. The zero-order chi connectivity index (χ0) is 25.0. The van der Waals surface area contributed by atoms with Crippen molar-refractivity contribution in [3.05, 3.63) is 29.8 Å². The van der Waals surface area contributed by atoms with Gasteiger partial charge in [0.15, 0.2) is 17.9 Å². The number of carbonyl (C=O) groups excluding carboxylic acids is 1. The van der Waals surface area contributed by atoms with E-state index in [0.29, 0.717) is 24.0 Å². The van der Waals surface area contributed by atoms with Crippen LogP contribution in [0.2, 0.25) is 0 Å². The van der Waals surface area contributed by atoms with Crippen molar-refractivity contribution in [3.8, 4) is 0 Å². The van der Waals surface area contributed by atoms with Crippen LogP contribution in [0.4, 0.5) is 11.6 Å². The summed E-state index contributed by atoms with van der Waals surface area (Å²) in [5, 5.41) is 9.03. The maximum absolute atomic E-state index is 11.5. The summed E-state index contributed by atoms with van der Waals surface area (Å²) < 4.78 is 5.97. The van der Waals surface area contributed by atoms with Crippen LogP contribution in [0.1, 0.15) is 74.5 Å². The van der Waals surface area contributed by atoms with Gasteiger partial charge in [0, 0.05) is 55.3 Å². The molecule has 4 aromatic rings. The molecular formula is C27H36N8O. The molecule has 3 fully saturated rings. The number of rotatable bonds is 8. The van der Waals surface area contributed by atoms with Crippen molar-refractivity contribution >= 4 is 40.0 Å². The molecule has 1 N–H and O–H groups in total. The number of imidazole rings is 1. The van der Waals surface area contributed by atoms with E-state index in [2.05, 4.69) is 39.9 Å². The van der Waals surface area contributed by atoms with Crippen molar-refractivity contribution in [2.75, 3.05) is 12.4 Å². The molecule has 4 aromatic heterocycles. The highest BCUT2D eigenvalue weighted by Crippen LogP contribution is 2.41. The average Bonchev–Trinajstić information content (AvgIpc) is 3.78. The van der Waals surface area contributed by atoms with Crippen LogP contribution in [0.15, 0.2) is 18.5 Å². The number of nitrogens with zero attached hydrogens (tertiary/aromatic N) is 7. The number of fused-ring (bicyclic) bond motifs is 3. The van der Waals surface area contributed by atoms with E-state index in [0.717, 1.165) is 52.8 Å². The number of hydrogen-bond acceptors (Lipinski definition) is 6. The number of pyridine rings is 1. The van der Waals surface area contributed by atoms with Crippen molar-refractivity contribution in [3.63, 3.8) is 0 Å². The molecule has 3 aliphatic rings. The summed E-state index contributed by atoms with van der Waals surface area (Å²) in [5.74, 6) is 2.07. The van der Waals surface area contributed by atoms with Crippen LogP contribution >= 0.6 is 0 Å². The maximum atomic E-state index is 11.5. The van der Waals surface area contributed by atoms with E-state index in [1.165, 1.54) is 44.2 Å². The summed E-state index contributed by atoms with van der Waals surface area (Å²) >= 11 is 0. The second-order valence-electron chi connectivity index (χ2n) is 10.5. The van der Waals surface area contributed by atoms with Crippen LogP contribution in [-0.2, 0) is 20.1 Å². The molecule has 0 unspecified atom stereocenters. The number of aldehydes is 1. The van der Waals surface area contributed by atoms with E-state index in [-0.39, 0.29) is 0 Å². The Hall–Kier alpha value is -3.20.